The molecule has 1 spiro atoms. The van der Waals surface area contributed by atoms with E-state index in [0.29, 0.717) is 12.5 Å². The number of nitrogens with zero attached hydrogens (tertiary/aromatic N) is 4. The van der Waals surface area contributed by atoms with Crippen molar-refractivity contribution in [2.24, 2.45) is 5.92 Å². The lowest BCUT2D eigenvalue weighted by atomic mass is 9.94. The number of aromatic nitrogens is 3. The average molecular weight is 369 g/mol. The molecule has 2 saturated heterocycles. The van der Waals surface area contributed by atoms with Gasteiger partial charge in [0.25, 0.3) is 0 Å². The zero-order chi connectivity index (χ0) is 18.5. The summed E-state index contributed by atoms with van der Waals surface area (Å²) in [6.45, 7) is 7.62. The highest BCUT2D eigenvalue weighted by molar-refractivity contribution is 5.32. The zero-order valence-corrected chi connectivity index (χ0v) is 15.8. The molecule has 0 bridgehead atoms. The lowest BCUT2D eigenvalue weighted by molar-refractivity contribution is -0.0562. The third kappa shape index (κ3) is 4.80. The fourth-order valence-corrected chi connectivity index (χ4v) is 3.89. The minimum Gasteiger partial charge on any atom is -0.377 e. The number of ether oxygens (including phenoxy) is 2. The predicted molar refractivity (Wildman–Crippen MR) is 102 cm³/mol. The molecular formula is C20H27N5O2. The van der Waals surface area contributed by atoms with Crippen LogP contribution in [0.3, 0.4) is 0 Å². The summed E-state index contributed by atoms with van der Waals surface area (Å²) in [4.78, 5) is 6.65. The molecule has 2 aromatic heterocycles. The second kappa shape index (κ2) is 8.29. The van der Waals surface area contributed by atoms with Crippen molar-refractivity contribution in [2.75, 3.05) is 44.8 Å². The van der Waals surface area contributed by atoms with Gasteiger partial charge in [-0.2, -0.15) is 5.10 Å². The Balaban J connectivity index is 1.34. The van der Waals surface area contributed by atoms with Gasteiger partial charge in [0.1, 0.15) is 11.4 Å². The molecule has 0 aromatic carbocycles. The van der Waals surface area contributed by atoms with E-state index >= 15 is 0 Å². The summed E-state index contributed by atoms with van der Waals surface area (Å²) in [5, 5.41) is 11.7. The van der Waals surface area contributed by atoms with Crippen LogP contribution in [0.5, 0.6) is 0 Å². The molecule has 2 aliphatic heterocycles. The van der Waals surface area contributed by atoms with E-state index in [2.05, 4.69) is 31.5 Å². The first-order chi connectivity index (χ1) is 13.2. The van der Waals surface area contributed by atoms with Gasteiger partial charge in [0.2, 0.25) is 0 Å². The number of pyridine rings is 1. The molecule has 0 saturated carbocycles. The lowest BCUT2D eigenvalue weighted by Crippen LogP contribution is -2.43. The molecular weight excluding hydrogens is 342 g/mol. The Morgan fingerprint density at radius 3 is 3.07 bits per heavy atom. The second-order valence-electron chi connectivity index (χ2n) is 7.63. The van der Waals surface area contributed by atoms with Crippen molar-refractivity contribution in [3.05, 3.63) is 47.9 Å². The van der Waals surface area contributed by atoms with Crippen LogP contribution in [-0.4, -0.2) is 65.1 Å². The molecule has 4 heterocycles. The van der Waals surface area contributed by atoms with Crippen molar-refractivity contribution in [3.63, 3.8) is 0 Å². The quantitative estimate of drug-likeness (QED) is 0.863. The van der Waals surface area contributed by atoms with Gasteiger partial charge in [-0.25, -0.2) is 0 Å². The molecule has 2 aromatic rings. The van der Waals surface area contributed by atoms with Crippen LogP contribution in [0.4, 0.5) is 5.82 Å². The normalized spacial score (nSPS) is 26.2. The van der Waals surface area contributed by atoms with Gasteiger partial charge < -0.3 is 14.8 Å². The lowest BCUT2D eigenvalue weighted by Gasteiger charge is -2.31. The monoisotopic (exact) mass is 369 g/mol. The fourth-order valence-electron chi connectivity index (χ4n) is 3.89. The van der Waals surface area contributed by atoms with Crippen molar-refractivity contribution in [1.29, 1.82) is 0 Å². The van der Waals surface area contributed by atoms with Crippen LogP contribution in [0.2, 0.25) is 0 Å². The maximum atomic E-state index is 6.29. The van der Waals surface area contributed by atoms with E-state index in [1.807, 2.05) is 37.5 Å². The summed E-state index contributed by atoms with van der Waals surface area (Å²) in [6.07, 6.45) is 4.73. The first kappa shape index (κ1) is 18.3. The van der Waals surface area contributed by atoms with Gasteiger partial charge in [0, 0.05) is 44.5 Å². The van der Waals surface area contributed by atoms with E-state index in [0.717, 1.165) is 57.3 Å². The highest BCUT2D eigenvalue weighted by Crippen LogP contribution is 2.33. The van der Waals surface area contributed by atoms with Crippen LogP contribution in [0.1, 0.15) is 17.7 Å². The van der Waals surface area contributed by atoms with Crippen LogP contribution in [0, 0.1) is 12.8 Å². The minimum atomic E-state index is -0.218. The standard InChI is InChI=1S/C20H27N5O2/c1-16-4-5-19(24-23-16)22-11-18-9-20(27-13-18)14-25(7-8-26-15-20)12-17-3-2-6-21-10-17/h2-6,10,18H,7-9,11-15H2,1H3,(H,22,24)/t18-,20+/m0/s1. The van der Waals surface area contributed by atoms with Crippen molar-refractivity contribution >= 4 is 5.82 Å². The Hall–Kier alpha value is -2.09. The summed E-state index contributed by atoms with van der Waals surface area (Å²) in [5.74, 6) is 1.26. The summed E-state index contributed by atoms with van der Waals surface area (Å²) in [5.41, 5.74) is 1.93. The Kier molecular flexibility index (Phi) is 5.61. The van der Waals surface area contributed by atoms with Gasteiger partial charge in [0.15, 0.2) is 0 Å². The fraction of sp³-hybridized carbons (Fsp3) is 0.550. The Labute approximate surface area is 160 Å². The van der Waals surface area contributed by atoms with Gasteiger partial charge in [0.05, 0.1) is 25.5 Å². The van der Waals surface area contributed by atoms with Gasteiger partial charge in [-0.3, -0.25) is 9.88 Å². The van der Waals surface area contributed by atoms with Crippen LogP contribution < -0.4 is 5.32 Å². The Bertz CT molecular complexity index is 727. The van der Waals surface area contributed by atoms with Crippen molar-refractivity contribution < 1.29 is 9.47 Å². The molecule has 0 aliphatic carbocycles. The molecule has 2 fully saturated rings. The topological polar surface area (TPSA) is 72.4 Å². The molecule has 7 heteroatoms. The zero-order valence-electron chi connectivity index (χ0n) is 15.8. The largest absolute Gasteiger partial charge is 0.377 e. The van der Waals surface area contributed by atoms with E-state index in [1.54, 1.807) is 0 Å². The van der Waals surface area contributed by atoms with Crippen LogP contribution in [0.25, 0.3) is 0 Å². The molecule has 0 unspecified atom stereocenters. The molecule has 2 atom stereocenters. The summed E-state index contributed by atoms with van der Waals surface area (Å²) in [6, 6.07) is 8.05. The van der Waals surface area contributed by atoms with Crippen molar-refractivity contribution in [1.82, 2.24) is 20.1 Å². The molecule has 0 amide bonds. The molecule has 4 rings (SSSR count). The smallest absolute Gasteiger partial charge is 0.148 e. The predicted octanol–water partition coefficient (Wildman–Crippen LogP) is 1.90. The highest BCUT2D eigenvalue weighted by Gasteiger charge is 2.43. The molecule has 1 N–H and O–H groups in total. The highest BCUT2D eigenvalue weighted by atomic mass is 16.5. The number of rotatable bonds is 5. The van der Waals surface area contributed by atoms with Gasteiger partial charge in [-0.15, -0.1) is 5.10 Å². The van der Waals surface area contributed by atoms with Gasteiger partial charge in [-0.05, 0) is 37.1 Å². The van der Waals surface area contributed by atoms with E-state index in [9.17, 15) is 0 Å². The molecule has 27 heavy (non-hydrogen) atoms. The van der Waals surface area contributed by atoms with Crippen LogP contribution >= 0.6 is 0 Å². The van der Waals surface area contributed by atoms with Crippen LogP contribution in [-0.2, 0) is 16.0 Å². The number of hydrogen-bond donors (Lipinski definition) is 1. The molecule has 7 nitrogen and oxygen atoms in total. The summed E-state index contributed by atoms with van der Waals surface area (Å²) < 4.78 is 12.2. The number of nitrogens with one attached hydrogen (secondary N) is 1. The SMILES string of the molecule is Cc1ccc(NC[C@H]2CO[C@]3(COCCN(Cc4cccnc4)C3)C2)nn1. The molecule has 144 valence electrons. The second-order valence-corrected chi connectivity index (χ2v) is 7.63. The minimum absolute atomic E-state index is 0.218. The van der Waals surface area contributed by atoms with Gasteiger partial charge in [-0.1, -0.05) is 6.07 Å². The van der Waals surface area contributed by atoms with Gasteiger partial charge >= 0.3 is 0 Å². The van der Waals surface area contributed by atoms with Crippen LogP contribution in [0.15, 0.2) is 36.7 Å². The number of anilines is 1. The first-order valence-corrected chi connectivity index (χ1v) is 9.58. The van der Waals surface area contributed by atoms with Crippen molar-refractivity contribution in [2.45, 2.75) is 25.5 Å². The molecule has 2 aliphatic rings. The van der Waals surface area contributed by atoms with Crippen molar-refractivity contribution in [3.8, 4) is 0 Å². The van der Waals surface area contributed by atoms with E-state index < -0.39 is 0 Å². The Morgan fingerprint density at radius 2 is 2.26 bits per heavy atom. The van der Waals surface area contributed by atoms with E-state index in [1.165, 1.54) is 5.56 Å². The third-order valence-electron chi connectivity index (χ3n) is 5.21. The van der Waals surface area contributed by atoms with E-state index in [4.69, 9.17) is 9.47 Å². The molecule has 0 radical (unpaired) electrons. The first-order valence-electron chi connectivity index (χ1n) is 9.58. The maximum absolute atomic E-state index is 6.29. The summed E-state index contributed by atoms with van der Waals surface area (Å²) in [7, 11) is 0. The Morgan fingerprint density at radius 1 is 1.30 bits per heavy atom. The number of aryl methyl sites for hydroxylation is 1. The summed E-state index contributed by atoms with van der Waals surface area (Å²) >= 11 is 0. The number of hydrogen-bond acceptors (Lipinski definition) is 7. The maximum Gasteiger partial charge on any atom is 0.148 e. The van der Waals surface area contributed by atoms with E-state index in [-0.39, 0.29) is 5.60 Å². The average Bonchev–Trinajstić information content (AvgIpc) is 2.97. The third-order valence-corrected chi connectivity index (χ3v) is 5.21.